The van der Waals surface area contributed by atoms with Crippen molar-refractivity contribution in [2.75, 3.05) is 26.2 Å². The second kappa shape index (κ2) is 7.71. The third kappa shape index (κ3) is 6.68. The minimum Gasteiger partial charge on any atom is -0.389 e. The number of hydrogen-bond acceptors (Lipinski definition) is 3. The van der Waals surface area contributed by atoms with Crippen LogP contribution in [0.15, 0.2) is 10.7 Å². The van der Waals surface area contributed by atoms with E-state index in [0.29, 0.717) is 13.1 Å². The molecule has 0 aromatic rings. The van der Waals surface area contributed by atoms with Gasteiger partial charge in [-0.2, -0.15) is 13.2 Å². The molecule has 0 aliphatic carbocycles. The Labute approximate surface area is 107 Å². The van der Waals surface area contributed by atoms with E-state index >= 15 is 0 Å². The molecular weight excluding hydrogens is 301 g/mol. The average molecular weight is 317 g/mol. The molecule has 0 saturated heterocycles. The Balaban J connectivity index is 4.05. The van der Waals surface area contributed by atoms with Crippen LogP contribution in [0.25, 0.3) is 0 Å². The van der Waals surface area contributed by atoms with Gasteiger partial charge >= 0.3 is 6.18 Å². The van der Waals surface area contributed by atoms with Crippen LogP contribution in [0.5, 0.6) is 0 Å². The standard InChI is InChI=1S/C10H16BrF3N2O/c1-3-16(4-2)6-5-15-7-8(11)9(17)10(12,13)14/h7,15H,3-6H2,1-2H3/b8-7-. The highest BCUT2D eigenvalue weighted by atomic mass is 79.9. The van der Waals surface area contributed by atoms with E-state index < -0.39 is 16.4 Å². The molecule has 3 nitrogen and oxygen atoms in total. The Hall–Kier alpha value is -0.560. The summed E-state index contributed by atoms with van der Waals surface area (Å²) < 4.78 is 35.5. The van der Waals surface area contributed by atoms with Gasteiger partial charge in [0.15, 0.2) is 0 Å². The summed E-state index contributed by atoms with van der Waals surface area (Å²) in [6, 6.07) is 0. The highest BCUT2D eigenvalue weighted by molar-refractivity contribution is 9.12. The molecule has 0 aromatic carbocycles. The van der Waals surface area contributed by atoms with Gasteiger partial charge in [0.2, 0.25) is 0 Å². The molecule has 1 N–H and O–H groups in total. The first-order valence-electron chi connectivity index (χ1n) is 5.25. The molecule has 0 aliphatic heterocycles. The number of ketones is 1. The van der Waals surface area contributed by atoms with E-state index in [1.165, 1.54) is 0 Å². The Morgan fingerprint density at radius 3 is 2.29 bits per heavy atom. The maximum Gasteiger partial charge on any atom is 0.455 e. The number of nitrogens with zero attached hydrogens (tertiary/aromatic N) is 1. The SMILES string of the molecule is CCN(CC)CCN/C=C(\Br)C(=O)C(F)(F)F. The molecule has 0 fully saturated rings. The van der Waals surface area contributed by atoms with Crippen LogP contribution in [0.3, 0.4) is 0 Å². The number of alkyl halides is 3. The third-order valence-corrected chi connectivity index (χ3v) is 2.76. The third-order valence-electron chi connectivity index (χ3n) is 2.17. The highest BCUT2D eigenvalue weighted by Gasteiger charge is 2.39. The Morgan fingerprint density at radius 2 is 1.88 bits per heavy atom. The van der Waals surface area contributed by atoms with Crippen LogP contribution >= 0.6 is 15.9 Å². The van der Waals surface area contributed by atoms with E-state index in [1.807, 2.05) is 13.8 Å². The van der Waals surface area contributed by atoms with Crippen LogP contribution in [0.2, 0.25) is 0 Å². The first-order valence-corrected chi connectivity index (χ1v) is 6.05. The van der Waals surface area contributed by atoms with Crippen LogP contribution in [0.4, 0.5) is 13.2 Å². The molecule has 0 aromatic heterocycles. The molecule has 0 heterocycles. The van der Waals surface area contributed by atoms with Gasteiger partial charge in [0.25, 0.3) is 5.78 Å². The van der Waals surface area contributed by atoms with Gasteiger partial charge in [-0.15, -0.1) is 0 Å². The number of halogens is 4. The molecule has 0 spiro atoms. The van der Waals surface area contributed by atoms with Crippen molar-refractivity contribution >= 4 is 21.7 Å². The predicted octanol–water partition coefficient (Wildman–Crippen LogP) is 2.29. The summed E-state index contributed by atoms with van der Waals surface area (Å²) in [6.07, 6.45) is -3.80. The van der Waals surface area contributed by atoms with Crippen LogP contribution in [-0.4, -0.2) is 43.0 Å². The summed E-state index contributed by atoms with van der Waals surface area (Å²) in [7, 11) is 0. The lowest BCUT2D eigenvalue weighted by Gasteiger charge is -2.17. The van der Waals surface area contributed by atoms with E-state index in [-0.39, 0.29) is 0 Å². The number of carbonyl (C=O) groups excluding carboxylic acids is 1. The minimum atomic E-state index is -4.84. The zero-order chi connectivity index (χ0) is 13.5. The van der Waals surface area contributed by atoms with Crippen molar-refractivity contribution < 1.29 is 18.0 Å². The van der Waals surface area contributed by atoms with Crippen molar-refractivity contribution in [3.63, 3.8) is 0 Å². The maximum atomic E-state index is 12.0. The van der Waals surface area contributed by atoms with E-state index in [1.54, 1.807) is 0 Å². The Kier molecular flexibility index (Phi) is 7.45. The van der Waals surface area contributed by atoms with Crippen molar-refractivity contribution in [2.24, 2.45) is 0 Å². The highest BCUT2D eigenvalue weighted by Crippen LogP contribution is 2.23. The zero-order valence-electron chi connectivity index (χ0n) is 9.77. The van der Waals surface area contributed by atoms with Gasteiger partial charge in [-0.25, -0.2) is 0 Å². The predicted molar refractivity (Wildman–Crippen MR) is 63.9 cm³/mol. The quantitative estimate of drug-likeness (QED) is 0.578. The summed E-state index contributed by atoms with van der Waals surface area (Å²) in [5.74, 6) is -1.88. The molecule has 0 atom stereocenters. The molecule has 17 heavy (non-hydrogen) atoms. The van der Waals surface area contributed by atoms with Crippen molar-refractivity contribution in [3.05, 3.63) is 10.7 Å². The first-order chi connectivity index (χ1) is 7.82. The van der Waals surface area contributed by atoms with Crippen molar-refractivity contribution in [1.82, 2.24) is 10.2 Å². The average Bonchev–Trinajstić information content (AvgIpc) is 2.26. The first kappa shape index (κ1) is 16.4. The summed E-state index contributed by atoms with van der Waals surface area (Å²) in [4.78, 5) is 12.8. The number of nitrogens with one attached hydrogen (secondary N) is 1. The van der Waals surface area contributed by atoms with Gasteiger partial charge in [-0.3, -0.25) is 4.79 Å². The summed E-state index contributed by atoms with van der Waals surface area (Å²) in [5.41, 5.74) is 0. The smallest absolute Gasteiger partial charge is 0.389 e. The van der Waals surface area contributed by atoms with Gasteiger partial charge in [0, 0.05) is 19.3 Å². The monoisotopic (exact) mass is 316 g/mol. The number of Topliss-reactive ketones (excluding diaryl/α,β-unsaturated/α-hetero) is 1. The lowest BCUT2D eigenvalue weighted by Crippen LogP contribution is -2.30. The van der Waals surface area contributed by atoms with E-state index in [0.717, 1.165) is 19.3 Å². The van der Waals surface area contributed by atoms with Crippen LogP contribution in [0, 0.1) is 0 Å². The van der Waals surface area contributed by atoms with Crippen LogP contribution in [-0.2, 0) is 4.79 Å². The van der Waals surface area contributed by atoms with Gasteiger partial charge in [-0.1, -0.05) is 13.8 Å². The van der Waals surface area contributed by atoms with E-state index in [9.17, 15) is 18.0 Å². The summed E-state index contributed by atoms with van der Waals surface area (Å²) in [5, 5.41) is 2.67. The fourth-order valence-corrected chi connectivity index (χ4v) is 1.51. The molecular formula is C10H16BrF3N2O. The zero-order valence-corrected chi connectivity index (χ0v) is 11.4. The lowest BCUT2D eigenvalue weighted by molar-refractivity contribution is -0.165. The Morgan fingerprint density at radius 1 is 1.35 bits per heavy atom. The fraction of sp³-hybridized carbons (Fsp3) is 0.700. The molecule has 0 aliphatic rings. The minimum absolute atomic E-state index is 0.488. The number of hydrogen-bond donors (Lipinski definition) is 1. The molecule has 0 radical (unpaired) electrons. The molecule has 100 valence electrons. The van der Waals surface area contributed by atoms with Gasteiger partial charge in [0.1, 0.15) is 0 Å². The maximum absolute atomic E-state index is 12.0. The van der Waals surface area contributed by atoms with Gasteiger partial charge < -0.3 is 10.2 Å². The molecule has 7 heteroatoms. The van der Waals surface area contributed by atoms with Crippen molar-refractivity contribution in [2.45, 2.75) is 20.0 Å². The van der Waals surface area contributed by atoms with Crippen LogP contribution < -0.4 is 5.32 Å². The molecule has 0 saturated carbocycles. The fourth-order valence-electron chi connectivity index (χ4n) is 1.13. The summed E-state index contributed by atoms with van der Waals surface area (Å²) in [6.45, 7) is 6.96. The number of carbonyl (C=O) groups is 1. The number of rotatable bonds is 7. The molecule has 0 bridgehead atoms. The van der Waals surface area contributed by atoms with Gasteiger partial charge in [0.05, 0.1) is 4.48 Å². The van der Waals surface area contributed by atoms with Gasteiger partial charge in [-0.05, 0) is 29.0 Å². The van der Waals surface area contributed by atoms with E-state index in [2.05, 4.69) is 26.1 Å². The Bertz CT molecular complexity index is 275. The van der Waals surface area contributed by atoms with Crippen molar-refractivity contribution in [3.8, 4) is 0 Å². The van der Waals surface area contributed by atoms with E-state index in [4.69, 9.17) is 0 Å². The second-order valence-electron chi connectivity index (χ2n) is 3.30. The number of likely N-dealkylation sites (N-methyl/N-ethyl adjacent to an activating group) is 1. The van der Waals surface area contributed by atoms with Crippen molar-refractivity contribution in [1.29, 1.82) is 0 Å². The largest absolute Gasteiger partial charge is 0.455 e. The molecule has 0 amide bonds. The topological polar surface area (TPSA) is 32.3 Å². The molecule has 0 unspecified atom stereocenters. The number of allylic oxidation sites excluding steroid dienone is 1. The normalized spacial score (nSPS) is 13.0. The summed E-state index contributed by atoms with van der Waals surface area (Å²) >= 11 is 2.60. The lowest BCUT2D eigenvalue weighted by atomic mass is 10.4. The second-order valence-corrected chi connectivity index (χ2v) is 4.15. The molecule has 0 rings (SSSR count). The van der Waals surface area contributed by atoms with Crippen LogP contribution in [0.1, 0.15) is 13.8 Å².